The molecule has 1 heterocycles. The lowest BCUT2D eigenvalue weighted by Gasteiger charge is -2.41. The lowest BCUT2D eigenvalue weighted by molar-refractivity contribution is 0.103. The Morgan fingerprint density at radius 1 is 0.400 bits per heavy atom. The molecule has 3 nitrogen and oxygen atoms in total. The Morgan fingerprint density at radius 2 is 0.867 bits per heavy atom. The zero-order valence-electron chi connectivity index (χ0n) is 24.5. The molecule has 6 aromatic carbocycles. The molecule has 0 fully saturated rings. The Balaban J connectivity index is 1.43. The molecule has 45 heavy (non-hydrogen) atoms. The SMILES string of the molecule is O=C1c2ccccc2C(c2ccccc2)(c2ccccc2)c2cc(-c3nc(-c4ccccc4)cc(-c4ccccc4)n3)ccc21. The first-order chi connectivity index (χ1) is 22.2. The third-order valence-corrected chi connectivity index (χ3v) is 8.78. The van der Waals surface area contributed by atoms with Gasteiger partial charge in [-0.15, -0.1) is 0 Å². The number of hydrogen-bond donors (Lipinski definition) is 0. The maximum Gasteiger partial charge on any atom is 0.193 e. The molecule has 0 spiro atoms. The summed E-state index contributed by atoms with van der Waals surface area (Å²) in [5.41, 5.74) is 9.35. The lowest BCUT2D eigenvalue weighted by atomic mass is 9.59. The molecular weight excluding hydrogens is 548 g/mol. The summed E-state index contributed by atoms with van der Waals surface area (Å²) in [4.78, 5) is 24.4. The highest BCUT2D eigenvalue weighted by molar-refractivity contribution is 6.14. The number of ketones is 1. The standard InChI is InChI=1S/C42H28N2O/c45-40-34-23-13-14-24-36(34)42(32-19-9-3-10-20-32,33-21-11-4-12-22-33)37-27-31(25-26-35(37)40)41-43-38(29-15-5-1-6-16-29)28-39(44-41)30-17-7-2-8-18-30/h1-28H. The molecule has 0 radical (unpaired) electrons. The first kappa shape index (κ1) is 26.7. The number of rotatable bonds is 5. The number of hydrogen-bond acceptors (Lipinski definition) is 3. The summed E-state index contributed by atoms with van der Waals surface area (Å²) < 4.78 is 0. The monoisotopic (exact) mass is 576 g/mol. The minimum atomic E-state index is -0.725. The van der Waals surface area contributed by atoms with Crippen molar-refractivity contribution in [2.45, 2.75) is 5.41 Å². The Kier molecular flexibility index (Phi) is 6.50. The van der Waals surface area contributed by atoms with Crippen LogP contribution < -0.4 is 0 Å². The fourth-order valence-corrected chi connectivity index (χ4v) is 6.74. The van der Waals surface area contributed by atoms with Crippen LogP contribution in [-0.2, 0) is 5.41 Å². The zero-order valence-corrected chi connectivity index (χ0v) is 24.5. The van der Waals surface area contributed by atoms with Gasteiger partial charge in [0.05, 0.1) is 16.8 Å². The van der Waals surface area contributed by atoms with Crippen LogP contribution in [0.5, 0.6) is 0 Å². The molecule has 0 saturated carbocycles. The van der Waals surface area contributed by atoms with Gasteiger partial charge < -0.3 is 0 Å². The van der Waals surface area contributed by atoms with Gasteiger partial charge in [-0.05, 0) is 40.5 Å². The molecule has 0 aliphatic heterocycles. The van der Waals surface area contributed by atoms with Gasteiger partial charge in [-0.3, -0.25) is 4.79 Å². The van der Waals surface area contributed by atoms with E-state index in [1.54, 1.807) is 0 Å². The predicted molar refractivity (Wildman–Crippen MR) is 180 cm³/mol. The van der Waals surface area contributed by atoms with E-state index < -0.39 is 5.41 Å². The Labute approximate surface area is 262 Å². The molecule has 1 aromatic heterocycles. The topological polar surface area (TPSA) is 42.9 Å². The third kappa shape index (κ3) is 4.40. The van der Waals surface area contributed by atoms with Gasteiger partial charge >= 0.3 is 0 Å². The summed E-state index contributed by atoms with van der Waals surface area (Å²) in [6, 6.07) is 57.6. The number of fused-ring (bicyclic) bond motifs is 2. The molecule has 0 atom stereocenters. The molecular formula is C42H28N2O. The van der Waals surface area contributed by atoms with Gasteiger partial charge in [0.1, 0.15) is 0 Å². The van der Waals surface area contributed by atoms with Crippen molar-refractivity contribution in [2.75, 3.05) is 0 Å². The van der Waals surface area contributed by atoms with E-state index in [-0.39, 0.29) is 5.78 Å². The second kappa shape index (κ2) is 11.0. The molecule has 1 aliphatic rings. The van der Waals surface area contributed by atoms with Crippen molar-refractivity contribution < 1.29 is 4.79 Å². The van der Waals surface area contributed by atoms with Crippen LogP contribution in [0, 0.1) is 0 Å². The van der Waals surface area contributed by atoms with E-state index in [0.717, 1.165) is 55.9 Å². The molecule has 0 unspecified atom stereocenters. The van der Waals surface area contributed by atoms with Gasteiger partial charge in [-0.2, -0.15) is 0 Å². The first-order valence-corrected chi connectivity index (χ1v) is 15.1. The van der Waals surface area contributed by atoms with E-state index in [1.807, 2.05) is 84.9 Å². The summed E-state index contributed by atoms with van der Waals surface area (Å²) in [5.74, 6) is 0.637. The molecule has 7 aromatic rings. The second-order valence-electron chi connectivity index (χ2n) is 11.3. The van der Waals surface area contributed by atoms with Crippen molar-refractivity contribution in [2.24, 2.45) is 0 Å². The fourth-order valence-electron chi connectivity index (χ4n) is 6.74. The molecule has 0 amide bonds. The minimum absolute atomic E-state index is 0.0265. The van der Waals surface area contributed by atoms with Gasteiger partial charge in [-0.1, -0.05) is 152 Å². The first-order valence-electron chi connectivity index (χ1n) is 15.1. The summed E-state index contributed by atoms with van der Waals surface area (Å²) in [6.07, 6.45) is 0. The Hall–Kier alpha value is -5.93. The van der Waals surface area contributed by atoms with Crippen LogP contribution in [0.2, 0.25) is 0 Å². The lowest BCUT2D eigenvalue weighted by Crippen LogP contribution is -2.38. The number of carbonyl (C=O) groups is 1. The molecule has 3 heteroatoms. The maximum absolute atomic E-state index is 14.2. The fraction of sp³-hybridized carbons (Fsp3) is 0.0238. The summed E-state index contributed by atoms with van der Waals surface area (Å²) in [7, 11) is 0. The number of benzene rings is 6. The van der Waals surface area contributed by atoms with Gasteiger partial charge in [0.2, 0.25) is 0 Å². The van der Waals surface area contributed by atoms with Crippen molar-refractivity contribution in [3.63, 3.8) is 0 Å². The van der Waals surface area contributed by atoms with E-state index in [0.29, 0.717) is 11.4 Å². The van der Waals surface area contributed by atoms with E-state index in [2.05, 4.69) is 84.9 Å². The molecule has 0 saturated heterocycles. The van der Waals surface area contributed by atoms with Crippen LogP contribution in [0.1, 0.15) is 38.2 Å². The van der Waals surface area contributed by atoms with Crippen LogP contribution in [0.15, 0.2) is 170 Å². The second-order valence-corrected chi connectivity index (χ2v) is 11.3. The van der Waals surface area contributed by atoms with Crippen molar-refractivity contribution >= 4 is 5.78 Å². The average molecular weight is 577 g/mol. The number of aromatic nitrogens is 2. The van der Waals surface area contributed by atoms with Gasteiger partial charge in [0.15, 0.2) is 11.6 Å². The molecule has 0 N–H and O–H groups in total. The van der Waals surface area contributed by atoms with Gasteiger partial charge in [0.25, 0.3) is 0 Å². The normalized spacial score (nSPS) is 13.1. The summed E-state index contributed by atoms with van der Waals surface area (Å²) >= 11 is 0. The van der Waals surface area contributed by atoms with E-state index >= 15 is 0 Å². The van der Waals surface area contributed by atoms with Crippen molar-refractivity contribution in [3.05, 3.63) is 203 Å². The highest BCUT2D eigenvalue weighted by atomic mass is 16.1. The maximum atomic E-state index is 14.2. The van der Waals surface area contributed by atoms with Crippen LogP contribution in [0.25, 0.3) is 33.9 Å². The quantitative estimate of drug-likeness (QED) is 0.205. The largest absolute Gasteiger partial charge is 0.289 e. The van der Waals surface area contributed by atoms with Gasteiger partial charge in [-0.25, -0.2) is 9.97 Å². The highest BCUT2D eigenvalue weighted by Gasteiger charge is 2.46. The van der Waals surface area contributed by atoms with Crippen LogP contribution in [0.4, 0.5) is 0 Å². The van der Waals surface area contributed by atoms with Crippen molar-refractivity contribution in [3.8, 4) is 33.9 Å². The zero-order chi connectivity index (χ0) is 30.2. The van der Waals surface area contributed by atoms with E-state index in [9.17, 15) is 4.79 Å². The Morgan fingerprint density at radius 3 is 1.42 bits per heavy atom. The smallest absolute Gasteiger partial charge is 0.193 e. The average Bonchev–Trinajstić information content (AvgIpc) is 3.13. The minimum Gasteiger partial charge on any atom is -0.289 e. The number of carbonyl (C=O) groups excluding carboxylic acids is 1. The Bertz CT molecular complexity index is 2060. The van der Waals surface area contributed by atoms with Crippen LogP contribution >= 0.6 is 0 Å². The summed E-state index contributed by atoms with van der Waals surface area (Å²) in [6.45, 7) is 0. The van der Waals surface area contributed by atoms with Crippen molar-refractivity contribution in [1.29, 1.82) is 0 Å². The highest BCUT2D eigenvalue weighted by Crippen LogP contribution is 2.51. The number of nitrogens with zero attached hydrogens (tertiary/aromatic N) is 2. The summed E-state index contributed by atoms with van der Waals surface area (Å²) in [5, 5.41) is 0. The molecule has 8 rings (SSSR count). The molecule has 1 aliphatic carbocycles. The van der Waals surface area contributed by atoms with Gasteiger partial charge in [0, 0.05) is 27.8 Å². The molecule has 212 valence electrons. The third-order valence-electron chi connectivity index (χ3n) is 8.78. The van der Waals surface area contributed by atoms with E-state index in [4.69, 9.17) is 9.97 Å². The van der Waals surface area contributed by atoms with Crippen molar-refractivity contribution in [1.82, 2.24) is 9.97 Å². The molecule has 0 bridgehead atoms. The van der Waals surface area contributed by atoms with Crippen LogP contribution in [0.3, 0.4) is 0 Å². The van der Waals surface area contributed by atoms with E-state index in [1.165, 1.54) is 0 Å². The predicted octanol–water partition coefficient (Wildman–Crippen LogP) is 9.40. The van der Waals surface area contributed by atoms with Crippen LogP contribution in [-0.4, -0.2) is 15.8 Å².